The van der Waals surface area contributed by atoms with E-state index in [1.54, 1.807) is 0 Å². The van der Waals surface area contributed by atoms with Gasteiger partial charge in [0.2, 0.25) is 5.28 Å². The van der Waals surface area contributed by atoms with Crippen LogP contribution in [0, 0.1) is 34.6 Å². The molecule has 1 saturated carbocycles. The van der Waals surface area contributed by atoms with E-state index in [1.807, 2.05) is 16.8 Å². The summed E-state index contributed by atoms with van der Waals surface area (Å²) >= 11 is 11.3. The van der Waals surface area contributed by atoms with Crippen molar-refractivity contribution in [1.29, 1.82) is 5.41 Å². The zero-order chi connectivity index (χ0) is 56.3. The lowest BCUT2D eigenvalue weighted by Gasteiger charge is -2.27. The summed E-state index contributed by atoms with van der Waals surface area (Å²) in [5.74, 6) is 0.580. The highest BCUT2D eigenvalue weighted by atomic mass is 35.5. The molecule has 16 heteroatoms. The highest BCUT2D eigenvalue weighted by molar-refractivity contribution is 7.67. The van der Waals surface area contributed by atoms with E-state index in [0.717, 1.165) is 114 Å². The summed E-state index contributed by atoms with van der Waals surface area (Å²) in [6, 6.07) is 8.44. The Morgan fingerprint density at radius 2 is 1.37 bits per heavy atom. The summed E-state index contributed by atoms with van der Waals surface area (Å²) in [7, 11) is 1.12. The van der Waals surface area contributed by atoms with Crippen LogP contribution in [0.3, 0.4) is 0 Å². The molecule has 0 aliphatic heterocycles. The first kappa shape index (κ1) is 67.3. The van der Waals surface area contributed by atoms with Crippen LogP contribution in [-0.4, -0.2) is 75.0 Å². The molecule has 2 aromatic carbocycles. The molecular weight excluding hydrogens is 1070 g/mol. The summed E-state index contributed by atoms with van der Waals surface area (Å²) in [5, 5.41) is 21.2. The molecule has 78 heavy (non-hydrogen) atoms. The van der Waals surface area contributed by atoms with Gasteiger partial charge in [0.15, 0.2) is 0 Å². The third-order valence-corrected chi connectivity index (χ3v) is 20.6. The van der Waals surface area contributed by atoms with Gasteiger partial charge in [-0.1, -0.05) is 158 Å². The highest BCUT2D eigenvalue weighted by Crippen LogP contribution is 2.46. The van der Waals surface area contributed by atoms with E-state index >= 15 is 0 Å². The number of allylic oxidation sites excluding steroid dienone is 1. The molecular formula is C62H96Cl2F4N8P2. The Morgan fingerprint density at radius 3 is 1.96 bits per heavy atom. The molecule has 0 bridgehead atoms. The van der Waals surface area contributed by atoms with Crippen LogP contribution in [0.25, 0.3) is 0 Å². The predicted octanol–water partition coefficient (Wildman–Crippen LogP) is 19.3. The third kappa shape index (κ3) is 26.6. The van der Waals surface area contributed by atoms with Crippen molar-refractivity contribution in [3.8, 4) is 0 Å². The number of alkyl halides is 1. The molecule has 436 valence electrons. The molecule has 0 spiro atoms. The van der Waals surface area contributed by atoms with Crippen molar-refractivity contribution in [2.24, 2.45) is 5.92 Å². The second-order valence-electron chi connectivity index (χ2n) is 22.0. The molecule has 0 amide bonds. The minimum absolute atomic E-state index is 0.0887. The van der Waals surface area contributed by atoms with Crippen molar-refractivity contribution >= 4 is 57.6 Å². The van der Waals surface area contributed by atoms with Gasteiger partial charge in [-0.05, 0) is 131 Å². The standard InChI is InChI=1S/C61H93ClF4N8P2.CH3Cl/c1-47(38-55-57(65)41-52(64)42-58(55)66)28-24-20-16-12-8-5-6-11-15-19-23-27-37-74-45-54(71-72-74)29-25-21-17-13-9-7-10-14-18-22-26-36-73(44-49-30-33-51(63)34-31-49)60-56(43-67)59(69-61(62)70-60)68-53-35-32-50(40-53)39-48(2)76(4)46-75-3;1-2/h30-31,33-34,41-43,45,48,50,53,67,75H,1,5-29,32,35-40,44,46H2,2-4H3,(H,68,69,70);1H3. The second kappa shape index (κ2) is 40.1. The maximum Gasteiger partial charge on any atom is 0.226 e. The third-order valence-electron chi connectivity index (χ3n) is 15.5. The number of nitrogens with zero attached hydrogens (tertiary/aromatic N) is 6. The van der Waals surface area contributed by atoms with Crippen LogP contribution in [0.5, 0.6) is 0 Å². The van der Waals surface area contributed by atoms with Crippen LogP contribution in [0.2, 0.25) is 5.28 Å². The molecule has 5 rings (SSSR count). The highest BCUT2D eigenvalue weighted by Gasteiger charge is 2.29. The van der Waals surface area contributed by atoms with Crippen LogP contribution in [0.1, 0.15) is 209 Å². The lowest BCUT2D eigenvalue weighted by atomic mass is 9.99. The fourth-order valence-corrected chi connectivity index (χ4v) is 15.0. The number of unbranched alkanes of at least 4 members (excludes halogenated alkanes) is 21. The summed E-state index contributed by atoms with van der Waals surface area (Å²) in [6.07, 6.45) is 39.4. The van der Waals surface area contributed by atoms with Gasteiger partial charge in [0.05, 0.1) is 11.3 Å². The van der Waals surface area contributed by atoms with Crippen molar-refractivity contribution in [1.82, 2.24) is 25.0 Å². The van der Waals surface area contributed by atoms with E-state index in [4.69, 9.17) is 22.0 Å². The number of halogens is 6. The molecule has 1 aliphatic rings. The molecule has 2 N–H and O–H groups in total. The number of hydrogen-bond donors (Lipinski definition) is 2. The molecule has 5 unspecified atom stereocenters. The van der Waals surface area contributed by atoms with Gasteiger partial charge >= 0.3 is 0 Å². The predicted molar refractivity (Wildman–Crippen MR) is 329 cm³/mol. The topological polar surface area (TPSA) is 95.6 Å². The van der Waals surface area contributed by atoms with Crippen LogP contribution >= 0.6 is 39.7 Å². The Labute approximate surface area is 481 Å². The molecule has 8 nitrogen and oxygen atoms in total. The average molecular weight is 1160 g/mol. The Kier molecular flexibility index (Phi) is 34.6. The molecule has 1 fully saturated rings. The van der Waals surface area contributed by atoms with Crippen LogP contribution in [-0.2, 0) is 25.9 Å². The minimum atomic E-state index is -0.892. The van der Waals surface area contributed by atoms with Gasteiger partial charge in [-0.3, -0.25) is 4.68 Å². The first-order valence-corrected chi connectivity index (χ1v) is 34.6. The molecule has 2 aromatic heterocycles. The monoisotopic (exact) mass is 1160 g/mol. The quantitative estimate of drug-likeness (QED) is 0.00873. The van der Waals surface area contributed by atoms with Crippen molar-refractivity contribution in [3.05, 3.63) is 106 Å². The first-order chi connectivity index (χ1) is 37.9. The molecule has 2 heterocycles. The summed E-state index contributed by atoms with van der Waals surface area (Å²) in [4.78, 5) is 11.5. The Morgan fingerprint density at radius 1 is 0.808 bits per heavy atom. The van der Waals surface area contributed by atoms with Crippen molar-refractivity contribution in [2.75, 3.05) is 42.4 Å². The Bertz CT molecular complexity index is 2250. The zero-order valence-electron chi connectivity index (χ0n) is 48.0. The largest absolute Gasteiger partial charge is 0.367 e. The fraction of sp³-hybridized carbons (Fsp3) is 0.661. The van der Waals surface area contributed by atoms with Gasteiger partial charge in [0.1, 0.15) is 34.9 Å². The molecule has 5 atom stereocenters. The fourth-order valence-electron chi connectivity index (χ4n) is 10.9. The number of nitrogens with one attached hydrogen (secondary N) is 2. The van der Waals surface area contributed by atoms with Gasteiger partial charge in [-0.25, -0.2) is 17.6 Å². The van der Waals surface area contributed by atoms with Gasteiger partial charge in [-0.15, -0.1) is 33.2 Å². The number of anilines is 2. The smallest absolute Gasteiger partial charge is 0.226 e. The second-order valence-corrected chi connectivity index (χ2v) is 26.7. The van der Waals surface area contributed by atoms with Crippen molar-refractivity contribution < 1.29 is 17.6 Å². The minimum Gasteiger partial charge on any atom is -0.367 e. The number of hydrogen-bond acceptors (Lipinski definition) is 7. The summed E-state index contributed by atoms with van der Waals surface area (Å²) in [6.45, 7) is 13.5. The number of rotatable bonds is 42. The molecule has 0 saturated heterocycles. The number of benzene rings is 2. The average Bonchev–Trinajstić information content (AvgIpc) is 4.13. The van der Waals surface area contributed by atoms with Gasteiger partial charge in [0.25, 0.3) is 0 Å². The number of aromatic nitrogens is 5. The van der Waals surface area contributed by atoms with E-state index in [-0.39, 0.29) is 31.0 Å². The van der Waals surface area contributed by atoms with E-state index in [9.17, 15) is 17.6 Å². The summed E-state index contributed by atoms with van der Waals surface area (Å²) in [5.41, 5.74) is 4.26. The normalized spacial score (nSPS) is 15.2. The van der Waals surface area contributed by atoms with Crippen LogP contribution in [0.4, 0.5) is 29.2 Å². The maximum absolute atomic E-state index is 13.9. The molecule has 1 aliphatic carbocycles. The van der Waals surface area contributed by atoms with Gasteiger partial charge in [0, 0.05) is 62.2 Å². The van der Waals surface area contributed by atoms with E-state index in [1.165, 1.54) is 159 Å². The van der Waals surface area contributed by atoms with Crippen LogP contribution in [0.15, 0.2) is 54.7 Å². The number of aryl methyl sites for hydroxylation is 2. The first-order valence-electron chi connectivity index (χ1n) is 29.7. The van der Waals surface area contributed by atoms with Gasteiger partial charge < -0.3 is 15.6 Å². The SMILES string of the molecule is C=C(CCCCCCCCCCCCCCn1cc(CCCCCCCCCCCCCN(Cc2ccc(F)cc2)c2nc(Cl)nc(NC3CCC(CC(C)P(C)CPC)C3)c2C=N)nn1)Cc1c(F)cc(F)cc1F.CCl. The Balaban J connectivity index is 0.00000648. The molecule has 0 radical (unpaired) electrons. The lowest BCUT2D eigenvalue weighted by Crippen LogP contribution is -2.28. The van der Waals surface area contributed by atoms with Crippen molar-refractivity contribution in [2.45, 2.75) is 224 Å². The van der Waals surface area contributed by atoms with Crippen LogP contribution < -0.4 is 10.2 Å². The van der Waals surface area contributed by atoms with E-state index < -0.39 is 17.5 Å². The Hall–Kier alpha value is -3.17. The van der Waals surface area contributed by atoms with E-state index in [0.29, 0.717) is 35.7 Å². The van der Waals surface area contributed by atoms with Crippen molar-refractivity contribution in [3.63, 3.8) is 0 Å². The van der Waals surface area contributed by atoms with E-state index in [2.05, 4.69) is 70.1 Å². The zero-order valence-corrected chi connectivity index (χ0v) is 51.4. The molecule has 4 aromatic rings. The summed E-state index contributed by atoms with van der Waals surface area (Å²) < 4.78 is 56.9. The lowest BCUT2D eigenvalue weighted by molar-refractivity contribution is 0.496. The maximum atomic E-state index is 13.9. The van der Waals surface area contributed by atoms with Gasteiger partial charge in [-0.2, -0.15) is 9.97 Å².